The van der Waals surface area contributed by atoms with Crippen molar-refractivity contribution in [2.45, 2.75) is 19.4 Å². The fourth-order valence-electron chi connectivity index (χ4n) is 0.162. The van der Waals surface area contributed by atoms with Crippen molar-refractivity contribution in [1.29, 1.82) is 0 Å². The van der Waals surface area contributed by atoms with Crippen molar-refractivity contribution in [2.24, 2.45) is 5.73 Å². The predicted octanol–water partition coefficient (Wildman–Crippen LogP) is 1.48. The molecule has 0 fully saturated rings. The molecule has 0 unspecified atom stereocenters. The molecule has 0 saturated carbocycles. The Balaban J connectivity index is 3.56. The Hall–Kier alpha value is -0.0100. The van der Waals surface area contributed by atoms with E-state index in [0.717, 1.165) is 0 Å². The van der Waals surface area contributed by atoms with Crippen molar-refractivity contribution in [2.75, 3.05) is 0 Å². The minimum absolute atomic E-state index is 0.262. The largest absolute Gasteiger partial charge is 0.322 e. The maximum absolute atomic E-state index is 5.47. The summed E-state index contributed by atoms with van der Waals surface area (Å²) >= 11 is 5.23. The van der Waals surface area contributed by atoms with Crippen LogP contribution in [0.15, 0.2) is 11.6 Å². The van der Waals surface area contributed by atoms with Crippen LogP contribution >= 0.6 is 11.6 Å². The number of rotatable bonds is 1. The summed E-state index contributed by atoms with van der Waals surface area (Å²) in [5.41, 5.74) is 6.64. The Morgan fingerprint density at radius 2 is 2.00 bits per heavy atom. The number of hydrogen-bond donors (Lipinski definition) is 1. The third kappa shape index (κ3) is 5.99. The highest BCUT2D eigenvalue weighted by atomic mass is 35.5. The van der Waals surface area contributed by atoms with Crippen LogP contribution in [0.3, 0.4) is 0 Å². The standard InChI is InChI=1S/C5H10ClN/c1-5(2,7)3-4-6/h3-4H,7H2,1-2H3/b4-3+. The average molecular weight is 120 g/mol. The van der Waals surface area contributed by atoms with E-state index >= 15 is 0 Å². The monoisotopic (exact) mass is 119 g/mol. The fraction of sp³-hybridized carbons (Fsp3) is 0.600. The molecule has 0 atom stereocenters. The molecule has 0 saturated heterocycles. The first-order chi connectivity index (χ1) is 3.06. The van der Waals surface area contributed by atoms with Gasteiger partial charge in [-0.1, -0.05) is 17.7 Å². The van der Waals surface area contributed by atoms with Crippen molar-refractivity contribution in [3.8, 4) is 0 Å². The summed E-state index contributed by atoms with van der Waals surface area (Å²) in [6.07, 6.45) is 1.73. The van der Waals surface area contributed by atoms with Crippen molar-refractivity contribution in [3.63, 3.8) is 0 Å². The molecule has 0 aliphatic carbocycles. The molecular formula is C5H10ClN. The molecule has 0 aliphatic rings. The van der Waals surface area contributed by atoms with Crippen molar-refractivity contribution >= 4 is 11.6 Å². The predicted molar refractivity (Wildman–Crippen MR) is 33.3 cm³/mol. The van der Waals surface area contributed by atoms with Crippen molar-refractivity contribution in [1.82, 2.24) is 0 Å². The van der Waals surface area contributed by atoms with Crippen LogP contribution in [-0.2, 0) is 0 Å². The lowest BCUT2D eigenvalue weighted by atomic mass is 10.1. The molecule has 42 valence electrons. The van der Waals surface area contributed by atoms with Gasteiger partial charge in [-0.05, 0) is 13.8 Å². The topological polar surface area (TPSA) is 26.0 Å². The molecule has 0 aromatic carbocycles. The molecule has 0 spiro atoms. The second-order valence-electron chi connectivity index (χ2n) is 2.11. The van der Waals surface area contributed by atoms with Gasteiger partial charge in [-0.15, -0.1) is 0 Å². The molecule has 0 aromatic heterocycles. The molecule has 0 aliphatic heterocycles. The molecule has 1 nitrogen and oxygen atoms in total. The van der Waals surface area contributed by atoms with Gasteiger partial charge in [0.2, 0.25) is 0 Å². The van der Waals surface area contributed by atoms with Gasteiger partial charge in [0, 0.05) is 11.1 Å². The maximum Gasteiger partial charge on any atom is 0.0293 e. The third-order valence-corrected chi connectivity index (χ3v) is 0.619. The summed E-state index contributed by atoms with van der Waals surface area (Å²) in [6, 6.07) is 0. The number of hydrogen-bond acceptors (Lipinski definition) is 1. The first-order valence-electron chi connectivity index (χ1n) is 2.13. The van der Waals surface area contributed by atoms with Gasteiger partial charge in [0.15, 0.2) is 0 Å². The molecule has 0 bridgehead atoms. The van der Waals surface area contributed by atoms with Gasteiger partial charge in [-0.3, -0.25) is 0 Å². The van der Waals surface area contributed by atoms with Crippen LogP contribution in [0, 0.1) is 0 Å². The van der Waals surface area contributed by atoms with Gasteiger partial charge in [0.05, 0.1) is 0 Å². The van der Waals surface area contributed by atoms with E-state index in [4.69, 9.17) is 17.3 Å². The van der Waals surface area contributed by atoms with E-state index in [2.05, 4.69) is 0 Å². The zero-order valence-electron chi connectivity index (χ0n) is 4.61. The minimum atomic E-state index is -0.262. The van der Waals surface area contributed by atoms with E-state index in [1.165, 1.54) is 5.54 Å². The highest BCUT2D eigenvalue weighted by Gasteiger charge is 2.01. The zero-order chi connectivity index (χ0) is 5.91. The second kappa shape index (κ2) is 2.34. The Labute approximate surface area is 49.2 Å². The van der Waals surface area contributed by atoms with E-state index in [-0.39, 0.29) is 5.54 Å². The summed E-state index contributed by atoms with van der Waals surface area (Å²) in [4.78, 5) is 0. The van der Waals surface area contributed by atoms with Crippen LogP contribution in [0.2, 0.25) is 0 Å². The lowest BCUT2D eigenvalue weighted by Crippen LogP contribution is -2.28. The molecule has 0 radical (unpaired) electrons. The Bertz CT molecular complexity index is 70.6. The normalized spacial score (nSPS) is 13.1. The highest BCUT2D eigenvalue weighted by molar-refractivity contribution is 6.25. The van der Waals surface area contributed by atoms with Gasteiger partial charge in [-0.25, -0.2) is 0 Å². The van der Waals surface area contributed by atoms with E-state index in [1.807, 2.05) is 13.8 Å². The zero-order valence-corrected chi connectivity index (χ0v) is 5.37. The van der Waals surface area contributed by atoms with E-state index in [1.54, 1.807) is 6.08 Å². The van der Waals surface area contributed by atoms with E-state index < -0.39 is 0 Å². The molecular weight excluding hydrogens is 110 g/mol. The lowest BCUT2D eigenvalue weighted by molar-refractivity contribution is 0.655. The van der Waals surface area contributed by atoms with Gasteiger partial charge in [0.1, 0.15) is 0 Å². The summed E-state index contributed by atoms with van der Waals surface area (Å²) in [5.74, 6) is 0. The summed E-state index contributed by atoms with van der Waals surface area (Å²) in [5, 5.41) is 0. The number of halogens is 1. The molecule has 0 amide bonds. The summed E-state index contributed by atoms with van der Waals surface area (Å²) in [7, 11) is 0. The van der Waals surface area contributed by atoms with Crippen LogP contribution in [-0.4, -0.2) is 5.54 Å². The summed E-state index contributed by atoms with van der Waals surface area (Å²) < 4.78 is 0. The van der Waals surface area contributed by atoms with E-state index in [9.17, 15) is 0 Å². The highest BCUT2D eigenvalue weighted by Crippen LogP contribution is 1.98. The first kappa shape index (κ1) is 6.99. The van der Waals surface area contributed by atoms with Crippen LogP contribution in [0.25, 0.3) is 0 Å². The molecule has 0 heterocycles. The maximum atomic E-state index is 5.47. The molecule has 2 heteroatoms. The smallest absolute Gasteiger partial charge is 0.0293 e. The minimum Gasteiger partial charge on any atom is -0.322 e. The second-order valence-corrected chi connectivity index (χ2v) is 2.37. The van der Waals surface area contributed by atoms with Gasteiger partial charge in [0.25, 0.3) is 0 Å². The van der Waals surface area contributed by atoms with Crippen LogP contribution in [0.4, 0.5) is 0 Å². The molecule has 0 rings (SSSR count). The molecule has 0 aromatic rings. The van der Waals surface area contributed by atoms with Crippen molar-refractivity contribution in [3.05, 3.63) is 11.6 Å². The van der Waals surface area contributed by atoms with Crippen molar-refractivity contribution < 1.29 is 0 Å². The Morgan fingerprint density at radius 1 is 1.57 bits per heavy atom. The van der Waals surface area contributed by atoms with Gasteiger partial charge in [-0.2, -0.15) is 0 Å². The third-order valence-electron chi connectivity index (χ3n) is 0.493. The van der Waals surface area contributed by atoms with E-state index in [0.29, 0.717) is 0 Å². The SMILES string of the molecule is CC(C)(N)/C=C/Cl. The quantitative estimate of drug-likeness (QED) is 0.556. The van der Waals surface area contributed by atoms with Gasteiger partial charge >= 0.3 is 0 Å². The van der Waals surface area contributed by atoms with Gasteiger partial charge < -0.3 is 5.73 Å². The number of nitrogens with two attached hydrogens (primary N) is 1. The lowest BCUT2D eigenvalue weighted by Gasteiger charge is -2.09. The van der Waals surface area contributed by atoms with Crippen LogP contribution < -0.4 is 5.73 Å². The Morgan fingerprint density at radius 3 is 2.00 bits per heavy atom. The molecule has 7 heavy (non-hydrogen) atoms. The Kier molecular flexibility index (Phi) is 2.33. The van der Waals surface area contributed by atoms with Crippen LogP contribution in [0.5, 0.6) is 0 Å². The first-order valence-corrected chi connectivity index (χ1v) is 2.57. The van der Waals surface area contributed by atoms with Crippen LogP contribution in [0.1, 0.15) is 13.8 Å². The fourth-order valence-corrected chi connectivity index (χ4v) is 0.487. The average Bonchev–Trinajstić information content (AvgIpc) is 1.30. The molecule has 2 N–H and O–H groups in total. The summed E-state index contributed by atoms with van der Waals surface area (Å²) in [6.45, 7) is 3.76.